The Bertz CT molecular complexity index is 1030. The maximum absolute atomic E-state index is 14.5. The van der Waals surface area contributed by atoms with Crippen molar-refractivity contribution in [3.05, 3.63) is 84.6 Å². The van der Waals surface area contributed by atoms with Crippen molar-refractivity contribution in [1.29, 1.82) is 0 Å². The smallest absolute Gasteiger partial charge is 0.175 e. The van der Waals surface area contributed by atoms with Gasteiger partial charge in [-0.3, -0.25) is 4.90 Å². The molecule has 4 aromatic rings. The van der Waals surface area contributed by atoms with Crippen LogP contribution in [-0.4, -0.2) is 15.0 Å². The second kappa shape index (κ2) is 6.28. The third-order valence-electron chi connectivity index (χ3n) is 3.95. The average molecular weight is 330 g/mol. The molecule has 0 radical (unpaired) electrons. The number of aryl methyl sites for hydroxylation is 1. The molecule has 2 aromatic heterocycles. The molecular formula is C20H15FN4. The fraction of sp³-hybridized carbons (Fsp3) is 0.0500. The van der Waals surface area contributed by atoms with Crippen LogP contribution in [0.5, 0.6) is 0 Å². The Morgan fingerprint density at radius 2 is 1.68 bits per heavy atom. The SMILES string of the molecule is Cc1ccc2ncnc(N(c3ccccc3)c3ncccc3F)c2c1. The van der Waals surface area contributed by atoms with Crippen molar-refractivity contribution in [2.45, 2.75) is 6.92 Å². The van der Waals surface area contributed by atoms with Crippen LogP contribution in [0.1, 0.15) is 5.56 Å². The number of aromatic nitrogens is 3. The second-order valence-electron chi connectivity index (χ2n) is 5.70. The Kier molecular flexibility index (Phi) is 3.82. The molecule has 25 heavy (non-hydrogen) atoms. The molecule has 0 spiro atoms. The highest BCUT2D eigenvalue weighted by Gasteiger charge is 2.20. The maximum atomic E-state index is 14.5. The highest BCUT2D eigenvalue weighted by molar-refractivity contribution is 5.94. The fourth-order valence-corrected chi connectivity index (χ4v) is 2.80. The molecule has 5 heteroatoms. The van der Waals surface area contributed by atoms with Crippen LogP contribution >= 0.6 is 0 Å². The molecule has 0 aliphatic heterocycles. The van der Waals surface area contributed by atoms with Crippen LogP contribution in [0.15, 0.2) is 73.2 Å². The quantitative estimate of drug-likeness (QED) is 0.533. The Morgan fingerprint density at radius 3 is 2.48 bits per heavy atom. The van der Waals surface area contributed by atoms with Crippen LogP contribution in [0.2, 0.25) is 0 Å². The summed E-state index contributed by atoms with van der Waals surface area (Å²) in [5.74, 6) is 0.387. The molecule has 0 N–H and O–H groups in total. The van der Waals surface area contributed by atoms with E-state index in [1.54, 1.807) is 17.2 Å². The number of hydrogen-bond donors (Lipinski definition) is 0. The number of para-hydroxylation sites is 1. The van der Waals surface area contributed by atoms with Crippen LogP contribution < -0.4 is 4.90 Å². The van der Waals surface area contributed by atoms with E-state index in [9.17, 15) is 4.39 Å². The first kappa shape index (κ1) is 15.2. The Morgan fingerprint density at radius 1 is 0.840 bits per heavy atom. The highest BCUT2D eigenvalue weighted by atomic mass is 19.1. The van der Waals surface area contributed by atoms with Gasteiger partial charge in [-0.25, -0.2) is 19.3 Å². The standard InChI is InChI=1S/C20H15FN4/c1-14-9-10-18-16(12-14)19(24-13-23-18)25(15-6-3-2-4-7-15)20-17(21)8-5-11-22-20/h2-13H,1H3. The van der Waals surface area contributed by atoms with Crippen molar-refractivity contribution in [2.24, 2.45) is 0 Å². The van der Waals surface area contributed by atoms with Gasteiger partial charge in [-0.2, -0.15) is 0 Å². The molecule has 0 atom stereocenters. The summed E-state index contributed by atoms with van der Waals surface area (Å²) in [6.45, 7) is 2.00. The summed E-state index contributed by atoms with van der Waals surface area (Å²) in [7, 11) is 0. The molecule has 0 unspecified atom stereocenters. The molecule has 2 heterocycles. The lowest BCUT2D eigenvalue weighted by molar-refractivity contribution is 0.622. The third-order valence-corrected chi connectivity index (χ3v) is 3.95. The van der Waals surface area contributed by atoms with Gasteiger partial charge in [0.15, 0.2) is 11.6 Å². The van der Waals surface area contributed by atoms with Gasteiger partial charge in [0.25, 0.3) is 0 Å². The molecule has 0 saturated carbocycles. The Hall–Kier alpha value is -3.34. The van der Waals surface area contributed by atoms with Gasteiger partial charge in [-0.15, -0.1) is 0 Å². The van der Waals surface area contributed by atoms with E-state index in [1.165, 1.54) is 12.4 Å². The number of halogens is 1. The zero-order valence-corrected chi connectivity index (χ0v) is 13.6. The maximum Gasteiger partial charge on any atom is 0.175 e. The lowest BCUT2D eigenvalue weighted by Crippen LogP contribution is -2.15. The van der Waals surface area contributed by atoms with Crippen LogP contribution in [0.3, 0.4) is 0 Å². The molecule has 0 amide bonds. The predicted molar refractivity (Wildman–Crippen MR) is 96.7 cm³/mol. The number of anilines is 3. The number of nitrogens with zero attached hydrogens (tertiary/aromatic N) is 4. The van der Waals surface area contributed by atoms with Gasteiger partial charge < -0.3 is 0 Å². The Balaban J connectivity index is 2.03. The minimum absolute atomic E-state index is 0.204. The molecule has 2 aromatic carbocycles. The zero-order valence-electron chi connectivity index (χ0n) is 13.6. The van der Waals surface area contributed by atoms with E-state index in [-0.39, 0.29) is 5.82 Å². The van der Waals surface area contributed by atoms with Gasteiger partial charge in [-0.1, -0.05) is 29.8 Å². The summed E-state index contributed by atoms with van der Waals surface area (Å²) in [4.78, 5) is 14.7. The molecule has 122 valence electrons. The second-order valence-corrected chi connectivity index (χ2v) is 5.70. The van der Waals surface area contributed by atoms with Crippen molar-refractivity contribution in [3.63, 3.8) is 0 Å². The van der Waals surface area contributed by atoms with E-state index < -0.39 is 5.82 Å². The summed E-state index contributed by atoms with van der Waals surface area (Å²) in [5, 5.41) is 0.844. The summed E-state index contributed by atoms with van der Waals surface area (Å²) >= 11 is 0. The summed E-state index contributed by atoms with van der Waals surface area (Å²) in [6.07, 6.45) is 3.06. The third kappa shape index (κ3) is 2.80. The summed E-state index contributed by atoms with van der Waals surface area (Å²) in [5.41, 5.74) is 2.66. The number of pyridine rings is 1. The normalized spacial score (nSPS) is 10.8. The van der Waals surface area contributed by atoms with Gasteiger partial charge in [0.05, 0.1) is 5.52 Å². The minimum atomic E-state index is -0.411. The number of fused-ring (bicyclic) bond motifs is 1. The molecule has 0 fully saturated rings. The van der Waals surface area contributed by atoms with Crippen molar-refractivity contribution >= 4 is 28.2 Å². The molecular weight excluding hydrogens is 315 g/mol. The van der Waals surface area contributed by atoms with E-state index in [4.69, 9.17) is 0 Å². The van der Waals surface area contributed by atoms with Crippen LogP contribution in [-0.2, 0) is 0 Å². The molecule has 0 bridgehead atoms. The van der Waals surface area contributed by atoms with Crippen molar-refractivity contribution < 1.29 is 4.39 Å². The average Bonchev–Trinajstić information content (AvgIpc) is 2.65. The minimum Gasteiger partial charge on any atom is -0.276 e. The zero-order chi connectivity index (χ0) is 17.2. The molecule has 0 aliphatic rings. The van der Waals surface area contributed by atoms with E-state index in [2.05, 4.69) is 15.0 Å². The number of hydrogen-bond acceptors (Lipinski definition) is 4. The highest BCUT2D eigenvalue weighted by Crippen LogP contribution is 2.36. The number of benzene rings is 2. The number of rotatable bonds is 3. The molecule has 4 rings (SSSR count). The van der Waals surface area contributed by atoms with E-state index in [0.717, 1.165) is 22.2 Å². The molecule has 0 aliphatic carbocycles. The first-order valence-electron chi connectivity index (χ1n) is 7.91. The van der Waals surface area contributed by atoms with Crippen molar-refractivity contribution in [3.8, 4) is 0 Å². The fourth-order valence-electron chi connectivity index (χ4n) is 2.80. The lowest BCUT2D eigenvalue weighted by Gasteiger charge is -2.24. The monoisotopic (exact) mass is 330 g/mol. The first-order valence-corrected chi connectivity index (χ1v) is 7.91. The van der Waals surface area contributed by atoms with Crippen molar-refractivity contribution in [2.75, 3.05) is 4.90 Å². The van der Waals surface area contributed by atoms with Crippen LogP contribution in [0.4, 0.5) is 21.7 Å². The Labute approximate surface area is 144 Å². The van der Waals surface area contributed by atoms with Crippen LogP contribution in [0, 0.1) is 12.7 Å². The van der Waals surface area contributed by atoms with Gasteiger partial charge in [0, 0.05) is 17.3 Å². The van der Waals surface area contributed by atoms with Gasteiger partial charge in [-0.05, 0) is 43.3 Å². The predicted octanol–water partition coefficient (Wildman–Crippen LogP) is 4.94. The first-order chi connectivity index (χ1) is 12.2. The van der Waals surface area contributed by atoms with Crippen LogP contribution in [0.25, 0.3) is 10.9 Å². The lowest BCUT2D eigenvalue weighted by atomic mass is 10.1. The van der Waals surface area contributed by atoms with E-state index in [0.29, 0.717) is 5.82 Å². The summed E-state index contributed by atoms with van der Waals surface area (Å²) < 4.78 is 14.5. The van der Waals surface area contributed by atoms with Gasteiger partial charge in [0.1, 0.15) is 12.1 Å². The van der Waals surface area contributed by atoms with Gasteiger partial charge >= 0.3 is 0 Å². The van der Waals surface area contributed by atoms with Gasteiger partial charge in [0.2, 0.25) is 0 Å². The molecule has 4 nitrogen and oxygen atoms in total. The summed E-state index contributed by atoms with van der Waals surface area (Å²) in [6, 6.07) is 18.4. The largest absolute Gasteiger partial charge is 0.276 e. The van der Waals surface area contributed by atoms with E-state index >= 15 is 0 Å². The molecule has 0 saturated heterocycles. The topological polar surface area (TPSA) is 41.9 Å². The van der Waals surface area contributed by atoms with Crippen molar-refractivity contribution in [1.82, 2.24) is 15.0 Å². The van der Waals surface area contributed by atoms with E-state index in [1.807, 2.05) is 55.5 Å².